The van der Waals surface area contributed by atoms with Crippen LogP contribution in [-0.4, -0.2) is 18.5 Å². The van der Waals surface area contributed by atoms with Crippen molar-refractivity contribution in [1.82, 2.24) is 18.5 Å². The number of nitrogens with zero attached hydrogens (tertiary/aromatic N) is 5. The number of para-hydroxylation sites is 5. The minimum Gasteiger partial charge on any atom is -0.366 e. The van der Waals surface area contributed by atoms with Gasteiger partial charge in [0.05, 0.1) is 51.5 Å². The Morgan fingerprint density at radius 2 is 1.35 bits per heavy atom. The molecule has 0 bridgehead atoms. The largest absolute Gasteiger partial charge is 3.00 e. The summed E-state index contributed by atoms with van der Waals surface area (Å²) in [6, 6.07) is 50.4. The molecule has 0 aliphatic rings. The summed E-state index contributed by atoms with van der Waals surface area (Å²) in [5, 5.41) is 5.16. The van der Waals surface area contributed by atoms with Gasteiger partial charge in [0.1, 0.15) is 0 Å². The van der Waals surface area contributed by atoms with Crippen molar-refractivity contribution >= 4 is 60.2 Å². The van der Waals surface area contributed by atoms with E-state index in [-0.39, 0.29) is 20.1 Å². The maximum Gasteiger partial charge on any atom is 3.00 e. The summed E-state index contributed by atoms with van der Waals surface area (Å²) >= 11 is 0. The van der Waals surface area contributed by atoms with Crippen molar-refractivity contribution in [2.75, 3.05) is 0 Å². The Morgan fingerprint density at radius 1 is 0.630 bits per heavy atom. The summed E-state index contributed by atoms with van der Waals surface area (Å²) < 4.78 is 8.65. The van der Waals surface area contributed by atoms with Crippen LogP contribution in [0.1, 0.15) is 0 Å². The SMILES string of the molecule is C[n+]1[c-]n(-c2[c-]cccc2)c2ccccc21.Cn1c(-c2[c-]cccc2)nc2ccc3c(c4cccc5c6ccccc6n3c54)c21.[Ir+3]. The van der Waals surface area contributed by atoms with Crippen LogP contribution in [0.5, 0.6) is 0 Å². The molecular formula is C40H27IrN5+. The molecule has 0 saturated carbocycles. The molecule has 6 aromatic carbocycles. The molecule has 10 rings (SSSR count). The van der Waals surface area contributed by atoms with Crippen molar-refractivity contribution in [2.45, 2.75) is 0 Å². The molecular weight excluding hydrogens is 743 g/mol. The van der Waals surface area contributed by atoms with E-state index in [1.165, 1.54) is 49.1 Å². The first kappa shape index (κ1) is 28.2. The van der Waals surface area contributed by atoms with E-state index in [0.717, 1.165) is 28.1 Å². The van der Waals surface area contributed by atoms with Gasteiger partial charge < -0.3 is 18.1 Å². The van der Waals surface area contributed by atoms with E-state index in [1.807, 2.05) is 70.8 Å². The third-order valence-electron chi connectivity index (χ3n) is 8.84. The fourth-order valence-electron chi connectivity index (χ4n) is 6.89. The molecule has 220 valence electrons. The van der Waals surface area contributed by atoms with Gasteiger partial charge in [-0.05, 0) is 18.2 Å². The molecule has 0 saturated heterocycles. The molecule has 10 aromatic rings. The van der Waals surface area contributed by atoms with Crippen molar-refractivity contribution in [3.05, 3.63) is 146 Å². The number of fused-ring (bicyclic) bond motifs is 9. The molecule has 0 spiro atoms. The third-order valence-corrected chi connectivity index (χ3v) is 8.84. The molecule has 0 unspecified atom stereocenters. The number of hydrogen-bond acceptors (Lipinski definition) is 1. The molecule has 0 amide bonds. The fraction of sp³-hybridized carbons (Fsp3) is 0.0500. The average molecular weight is 770 g/mol. The summed E-state index contributed by atoms with van der Waals surface area (Å²) in [6.07, 6.45) is 3.27. The molecule has 0 atom stereocenters. The zero-order valence-corrected chi connectivity index (χ0v) is 27.6. The summed E-state index contributed by atoms with van der Waals surface area (Å²) in [5.41, 5.74) is 10.3. The summed E-state index contributed by atoms with van der Waals surface area (Å²) in [4.78, 5) is 4.96. The first-order valence-corrected chi connectivity index (χ1v) is 15.0. The van der Waals surface area contributed by atoms with Crippen molar-refractivity contribution < 1.29 is 24.7 Å². The van der Waals surface area contributed by atoms with Crippen molar-refractivity contribution in [3.8, 4) is 17.1 Å². The van der Waals surface area contributed by atoms with Gasteiger partial charge in [-0.3, -0.25) is 4.98 Å². The first-order chi connectivity index (χ1) is 22.2. The van der Waals surface area contributed by atoms with E-state index in [9.17, 15) is 0 Å². The number of rotatable bonds is 2. The summed E-state index contributed by atoms with van der Waals surface area (Å²) in [5.74, 6) is 0.947. The van der Waals surface area contributed by atoms with E-state index in [2.05, 4.69) is 107 Å². The molecule has 4 heterocycles. The zero-order valence-electron chi connectivity index (χ0n) is 25.2. The molecule has 0 N–H and O–H groups in total. The van der Waals surface area contributed by atoms with Gasteiger partial charge in [0.15, 0.2) is 0 Å². The van der Waals surface area contributed by atoms with Gasteiger partial charge in [0, 0.05) is 28.6 Å². The summed E-state index contributed by atoms with van der Waals surface area (Å²) in [6.45, 7) is 0. The van der Waals surface area contributed by atoms with Gasteiger partial charge >= 0.3 is 20.1 Å². The van der Waals surface area contributed by atoms with Gasteiger partial charge in [0.25, 0.3) is 0 Å². The predicted molar refractivity (Wildman–Crippen MR) is 182 cm³/mol. The van der Waals surface area contributed by atoms with Gasteiger partial charge in [0.2, 0.25) is 6.33 Å². The molecule has 6 heteroatoms. The molecule has 0 fully saturated rings. The van der Waals surface area contributed by atoms with Crippen LogP contribution in [0, 0.1) is 18.5 Å². The Bertz CT molecular complexity index is 2660. The zero-order chi connectivity index (χ0) is 30.1. The molecule has 0 radical (unpaired) electrons. The Balaban J connectivity index is 0.000000157. The second-order valence-corrected chi connectivity index (χ2v) is 11.4. The number of benzene rings is 6. The number of aromatic nitrogens is 5. The van der Waals surface area contributed by atoms with E-state index >= 15 is 0 Å². The Hall–Kier alpha value is -5.29. The Morgan fingerprint density at radius 3 is 2.15 bits per heavy atom. The van der Waals surface area contributed by atoms with Crippen LogP contribution in [0.2, 0.25) is 0 Å². The molecule has 0 aliphatic heterocycles. The molecule has 4 aromatic heterocycles. The van der Waals surface area contributed by atoms with Crippen LogP contribution in [-0.2, 0) is 34.2 Å². The Kier molecular flexibility index (Phi) is 6.71. The second-order valence-electron chi connectivity index (χ2n) is 11.4. The molecule has 5 nitrogen and oxygen atoms in total. The molecule has 0 aliphatic carbocycles. The minimum atomic E-state index is 0. The fourth-order valence-corrected chi connectivity index (χ4v) is 6.89. The maximum absolute atomic E-state index is 4.96. The average Bonchev–Trinajstić information content (AvgIpc) is 3.83. The third kappa shape index (κ3) is 4.11. The minimum absolute atomic E-state index is 0. The van der Waals surface area contributed by atoms with Crippen molar-refractivity contribution in [3.63, 3.8) is 0 Å². The van der Waals surface area contributed by atoms with Crippen LogP contribution < -0.4 is 4.57 Å². The van der Waals surface area contributed by atoms with E-state index in [4.69, 9.17) is 4.98 Å². The van der Waals surface area contributed by atoms with Crippen LogP contribution in [0.15, 0.2) is 127 Å². The Labute approximate surface area is 279 Å². The van der Waals surface area contributed by atoms with Gasteiger partial charge in [-0.15, -0.1) is 35.9 Å². The number of aryl methyl sites for hydroxylation is 2. The normalized spacial score (nSPS) is 11.5. The monoisotopic (exact) mass is 770 g/mol. The predicted octanol–water partition coefficient (Wildman–Crippen LogP) is 8.24. The topological polar surface area (TPSA) is 31.0 Å². The van der Waals surface area contributed by atoms with E-state index < -0.39 is 0 Å². The maximum atomic E-state index is 4.96. The van der Waals surface area contributed by atoms with Crippen LogP contribution in [0.4, 0.5) is 0 Å². The van der Waals surface area contributed by atoms with E-state index in [1.54, 1.807) is 0 Å². The van der Waals surface area contributed by atoms with Crippen LogP contribution in [0.25, 0.3) is 77.2 Å². The molecule has 46 heavy (non-hydrogen) atoms. The quantitative estimate of drug-likeness (QED) is 0.129. The smallest absolute Gasteiger partial charge is 0.366 e. The van der Waals surface area contributed by atoms with Crippen molar-refractivity contribution in [1.29, 1.82) is 0 Å². The van der Waals surface area contributed by atoms with Crippen LogP contribution >= 0.6 is 0 Å². The van der Waals surface area contributed by atoms with Gasteiger partial charge in [-0.25, -0.2) is 0 Å². The van der Waals surface area contributed by atoms with E-state index in [0.29, 0.717) is 0 Å². The number of hydrogen-bond donors (Lipinski definition) is 0. The summed E-state index contributed by atoms with van der Waals surface area (Å²) in [7, 11) is 4.11. The first-order valence-electron chi connectivity index (χ1n) is 15.0. The second kappa shape index (κ2) is 11.0. The van der Waals surface area contributed by atoms with Gasteiger partial charge in [-0.1, -0.05) is 66.4 Å². The standard InChI is InChI=1S/C26H16N3.C14H11N2.Ir/c1-28-25-20(27-26(28)16-8-3-2-4-9-16)14-15-22-23(25)19-12-7-11-18-17-10-5-6-13-21(17)29(22)24(18)19;1-15-11-16(12-7-3-2-4-8-12)14-10-6-5-9-13(14)15;/h2-8,10-15H,1H3;2-7,9-10H,1H3;/q2*-1;+3. The van der Waals surface area contributed by atoms with Gasteiger partial charge in [-0.2, -0.15) is 30.3 Å². The van der Waals surface area contributed by atoms with Crippen LogP contribution in [0.3, 0.4) is 0 Å². The number of imidazole rings is 2. The van der Waals surface area contributed by atoms with Crippen molar-refractivity contribution in [2.24, 2.45) is 14.1 Å².